The van der Waals surface area contributed by atoms with Crippen LogP contribution in [0.3, 0.4) is 0 Å². The lowest BCUT2D eigenvalue weighted by Crippen LogP contribution is -2.21. The number of benzene rings is 2. The minimum Gasteiger partial charge on any atom is -0.423 e. The Labute approximate surface area is 164 Å². The highest BCUT2D eigenvalue weighted by Gasteiger charge is 2.08. The predicted octanol–water partition coefficient (Wildman–Crippen LogP) is 3.14. The van der Waals surface area contributed by atoms with Gasteiger partial charge in [0.2, 0.25) is 5.91 Å². The second-order valence-electron chi connectivity index (χ2n) is 6.05. The van der Waals surface area contributed by atoms with Gasteiger partial charge in [-0.15, -0.1) is 0 Å². The Morgan fingerprint density at radius 1 is 1.11 bits per heavy atom. The summed E-state index contributed by atoms with van der Waals surface area (Å²) in [7, 11) is 0. The van der Waals surface area contributed by atoms with Crippen LogP contribution >= 0.6 is 0 Å². The fraction of sp³-hybridized carbons (Fsp3) is 0.190. The zero-order valence-electron chi connectivity index (χ0n) is 15.7. The molecule has 0 atom stereocenters. The first-order valence-electron chi connectivity index (χ1n) is 8.97. The van der Waals surface area contributed by atoms with Crippen LogP contribution in [0.4, 0.5) is 5.69 Å². The third-order valence-corrected chi connectivity index (χ3v) is 3.75. The number of nitrogens with one attached hydrogen (secondary N) is 3. The number of unbranched alkanes of at least 4 members (excludes halogenated alkanes) is 1. The van der Waals surface area contributed by atoms with Crippen LogP contribution in [0.1, 0.15) is 35.7 Å². The summed E-state index contributed by atoms with van der Waals surface area (Å²) in [5, 5.41) is 12.6. The number of ether oxygens (including phenoxy) is 1. The number of carbonyl (C=O) groups excluding carboxylic acids is 2. The Morgan fingerprint density at radius 3 is 2.39 bits per heavy atom. The summed E-state index contributed by atoms with van der Waals surface area (Å²) in [5.41, 5.74) is 7.07. The Balaban J connectivity index is 1.90. The van der Waals surface area contributed by atoms with Gasteiger partial charge >= 0.3 is 5.97 Å². The van der Waals surface area contributed by atoms with E-state index in [0.29, 0.717) is 23.5 Å². The first kappa shape index (κ1) is 20.7. The van der Waals surface area contributed by atoms with Crippen molar-refractivity contribution in [1.82, 2.24) is 5.32 Å². The van der Waals surface area contributed by atoms with Gasteiger partial charge in [-0.2, -0.15) is 0 Å². The molecule has 7 nitrogen and oxygen atoms in total. The molecule has 0 spiro atoms. The summed E-state index contributed by atoms with van der Waals surface area (Å²) >= 11 is 0. The molecule has 2 aromatic rings. The average molecular weight is 380 g/mol. The quantitative estimate of drug-likeness (QED) is 0.140. The van der Waals surface area contributed by atoms with E-state index >= 15 is 0 Å². The van der Waals surface area contributed by atoms with E-state index in [9.17, 15) is 9.59 Å². The van der Waals surface area contributed by atoms with Gasteiger partial charge in [-0.3, -0.25) is 10.2 Å². The highest BCUT2D eigenvalue weighted by molar-refractivity contribution is 5.93. The van der Waals surface area contributed by atoms with Crippen molar-refractivity contribution in [3.63, 3.8) is 0 Å². The number of rotatable bonds is 8. The van der Waals surface area contributed by atoms with Gasteiger partial charge in [0.1, 0.15) is 5.75 Å². The van der Waals surface area contributed by atoms with E-state index in [1.165, 1.54) is 6.08 Å². The maximum atomic E-state index is 12.2. The zero-order valence-corrected chi connectivity index (χ0v) is 15.7. The van der Waals surface area contributed by atoms with Crippen LogP contribution in [-0.2, 0) is 4.79 Å². The van der Waals surface area contributed by atoms with E-state index < -0.39 is 5.97 Å². The first-order chi connectivity index (χ1) is 13.5. The van der Waals surface area contributed by atoms with Crippen molar-refractivity contribution in [2.24, 2.45) is 5.73 Å². The van der Waals surface area contributed by atoms with Crippen LogP contribution in [-0.4, -0.2) is 24.4 Å². The second-order valence-corrected chi connectivity index (χ2v) is 6.05. The Hall–Kier alpha value is -3.61. The molecule has 5 N–H and O–H groups in total. The summed E-state index contributed by atoms with van der Waals surface area (Å²) < 4.78 is 5.34. The van der Waals surface area contributed by atoms with E-state index in [1.54, 1.807) is 54.6 Å². The predicted molar refractivity (Wildman–Crippen MR) is 110 cm³/mol. The van der Waals surface area contributed by atoms with Crippen LogP contribution in [0.5, 0.6) is 5.75 Å². The van der Waals surface area contributed by atoms with E-state index in [1.807, 2.05) is 0 Å². The van der Waals surface area contributed by atoms with Gasteiger partial charge in [0.15, 0.2) is 5.96 Å². The molecule has 1 amide bonds. The van der Waals surface area contributed by atoms with Crippen molar-refractivity contribution in [1.29, 1.82) is 5.41 Å². The summed E-state index contributed by atoms with van der Waals surface area (Å²) in [4.78, 5) is 23.8. The standard InChI is InChI=1S/C21H24N4O3/c1-2-3-14-24-19(26)13-6-15-4-11-18(12-5-15)28-20(27)16-7-9-17(10-8-16)25-21(22)23/h4-13H,2-3,14H2,1H3,(H,24,26)(H4,22,23,25)/b13-6+. The number of anilines is 1. The number of hydrogen-bond acceptors (Lipinski definition) is 4. The molecular weight excluding hydrogens is 356 g/mol. The number of amides is 1. The highest BCUT2D eigenvalue weighted by Crippen LogP contribution is 2.16. The number of guanidine groups is 1. The summed E-state index contributed by atoms with van der Waals surface area (Å²) in [5.74, 6) is -0.400. The van der Waals surface area contributed by atoms with E-state index in [4.69, 9.17) is 15.9 Å². The second kappa shape index (κ2) is 10.5. The van der Waals surface area contributed by atoms with Crippen LogP contribution in [0.2, 0.25) is 0 Å². The monoisotopic (exact) mass is 380 g/mol. The Bertz CT molecular complexity index is 843. The molecule has 0 saturated heterocycles. The van der Waals surface area contributed by atoms with Gasteiger partial charge in [-0.1, -0.05) is 25.5 Å². The Kier molecular flexibility index (Phi) is 7.77. The van der Waals surface area contributed by atoms with E-state index in [-0.39, 0.29) is 11.9 Å². The number of nitrogens with two attached hydrogens (primary N) is 1. The van der Waals surface area contributed by atoms with Gasteiger partial charge < -0.3 is 21.1 Å². The van der Waals surface area contributed by atoms with Crippen LogP contribution < -0.4 is 21.1 Å². The fourth-order valence-corrected chi connectivity index (χ4v) is 2.28. The molecule has 0 unspecified atom stereocenters. The molecule has 0 bridgehead atoms. The number of carbonyl (C=O) groups is 2. The molecule has 146 valence electrons. The molecular formula is C21H24N4O3. The van der Waals surface area contributed by atoms with Gasteiger partial charge in [0, 0.05) is 18.3 Å². The third kappa shape index (κ3) is 6.95. The molecule has 0 heterocycles. The molecule has 0 aromatic heterocycles. The lowest BCUT2D eigenvalue weighted by molar-refractivity contribution is -0.116. The van der Waals surface area contributed by atoms with Crippen molar-refractivity contribution in [2.75, 3.05) is 11.9 Å². The molecule has 0 fully saturated rings. The van der Waals surface area contributed by atoms with Crippen LogP contribution in [0.25, 0.3) is 6.08 Å². The molecule has 28 heavy (non-hydrogen) atoms. The van der Waals surface area contributed by atoms with Gasteiger partial charge in [0.25, 0.3) is 0 Å². The normalized spacial score (nSPS) is 10.5. The maximum absolute atomic E-state index is 12.2. The van der Waals surface area contributed by atoms with Crippen LogP contribution in [0, 0.1) is 5.41 Å². The first-order valence-corrected chi connectivity index (χ1v) is 8.97. The van der Waals surface area contributed by atoms with Crippen molar-refractivity contribution in [2.45, 2.75) is 19.8 Å². The van der Waals surface area contributed by atoms with Crippen molar-refractivity contribution in [3.05, 3.63) is 65.7 Å². The van der Waals surface area contributed by atoms with E-state index in [0.717, 1.165) is 18.4 Å². The van der Waals surface area contributed by atoms with Gasteiger partial charge in [0.05, 0.1) is 5.56 Å². The molecule has 2 rings (SSSR count). The van der Waals surface area contributed by atoms with Crippen molar-refractivity contribution < 1.29 is 14.3 Å². The van der Waals surface area contributed by atoms with Gasteiger partial charge in [-0.25, -0.2) is 4.79 Å². The topological polar surface area (TPSA) is 117 Å². The molecule has 2 aromatic carbocycles. The number of esters is 1. The largest absolute Gasteiger partial charge is 0.423 e. The molecule has 0 aliphatic carbocycles. The summed E-state index contributed by atoms with van der Waals surface area (Å²) in [6.45, 7) is 2.73. The lowest BCUT2D eigenvalue weighted by atomic mass is 10.2. The minimum atomic E-state index is -0.493. The minimum absolute atomic E-state index is 0.133. The highest BCUT2D eigenvalue weighted by atomic mass is 16.5. The molecule has 0 radical (unpaired) electrons. The zero-order chi connectivity index (χ0) is 20.4. The molecule has 0 aliphatic heterocycles. The van der Waals surface area contributed by atoms with Crippen molar-refractivity contribution in [3.8, 4) is 5.75 Å². The smallest absolute Gasteiger partial charge is 0.343 e. The fourth-order valence-electron chi connectivity index (χ4n) is 2.28. The van der Waals surface area contributed by atoms with Crippen LogP contribution in [0.15, 0.2) is 54.6 Å². The Morgan fingerprint density at radius 2 is 1.79 bits per heavy atom. The average Bonchev–Trinajstić information content (AvgIpc) is 2.68. The number of hydrogen-bond donors (Lipinski definition) is 4. The van der Waals surface area contributed by atoms with Gasteiger partial charge in [-0.05, 0) is 54.5 Å². The van der Waals surface area contributed by atoms with E-state index in [2.05, 4.69) is 17.6 Å². The SMILES string of the molecule is CCCCNC(=O)/C=C/c1ccc(OC(=O)c2ccc(NC(=N)N)cc2)cc1. The molecule has 0 saturated carbocycles. The van der Waals surface area contributed by atoms with Crippen molar-refractivity contribution >= 4 is 29.6 Å². The molecule has 7 heteroatoms. The third-order valence-electron chi connectivity index (χ3n) is 3.75. The summed E-state index contributed by atoms with van der Waals surface area (Å²) in [6, 6.07) is 13.3. The molecule has 0 aliphatic rings. The maximum Gasteiger partial charge on any atom is 0.343 e. The lowest BCUT2D eigenvalue weighted by Gasteiger charge is -2.07. The summed E-state index contributed by atoms with van der Waals surface area (Å²) in [6.07, 6.45) is 5.17.